The molecule has 0 aromatic heterocycles. The Bertz CT molecular complexity index is 921. The van der Waals surface area contributed by atoms with Gasteiger partial charge >= 0.3 is 19.2 Å². The SMILES string of the molecule is O=C(O)c1ccccc1NC(=O)C1CC1c1ccc(OC(F)F)c(OC(F)F)c1. The molecule has 1 fully saturated rings. The summed E-state index contributed by atoms with van der Waals surface area (Å²) in [4.78, 5) is 23.6. The summed E-state index contributed by atoms with van der Waals surface area (Å²) in [5, 5.41) is 11.7. The van der Waals surface area contributed by atoms with Crippen LogP contribution in [-0.4, -0.2) is 30.2 Å². The number of carbonyl (C=O) groups excluding carboxylic acids is 1. The molecule has 2 aromatic rings. The van der Waals surface area contributed by atoms with Gasteiger partial charge in [-0.1, -0.05) is 18.2 Å². The van der Waals surface area contributed by atoms with Gasteiger partial charge in [-0.2, -0.15) is 17.6 Å². The number of carboxylic acid groups (broad SMARTS) is 1. The Kier molecular flexibility index (Phi) is 5.90. The molecule has 0 bridgehead atoms. The summed E-state index contributed by atoms with van der Waals surface area (Å²) in [7, 11) is 0. The van der Waals surface area contributed by atoms with Gasteiger partial charge in [-0.15, -0.1) is 0 Å². The van der Waals surface area contributed by atoms with Crippen LogP contribution < -0.4 is 14.8 Å². The third-order valence-electron chi connectivity index (χ3n) is 4.37. The Balaban J connectivity index is 1.73. The van der Waals surface area contributed by atoms with Gasteiger partial charge in [-0.3, -0.25) is 4.79 Å². The van der Waals surface area contributed by atoms with Crippen LogP contribution in [0.4, 0.5) is 23.2 Å². The van der Waals surface area contributed by atoms with E-state index >= 15 is 0 Å². The molecule has 0 saturated heterocycles. The number of halogens is 4. The van der Waals surface area contributed by atoms with Crippen LogP contribution in [0.25, 0.3) is 0 Å². The largest absolute Gasteiger partial charge is 0.478 e. The second kappa shape index (κ2) is 8.38. The molecular weight excluding hydrogens is 398 g/mol. The Morgan fingerprint density at radius 1 is 1.00 bits per heavy atom. The van der Waals surface area contributed by atoms with Gasteiger partial charge in [0.1, 0.15) is 0 Å². The lowest BCUT2D eigenvalue weighted by atomic mass is 10.1. The lowest BCUT2D eigenvalue weighted by molar-refractivity contribution is -0.117. The molecule has 3 rings (SSSR count). The van der Waals surface area contributed by atoms with E-state index in [0.29, 0.717) is 12.0 Å². The molecule has 2 unspecified atom stereocenters. The van der Waals surface area contributed by atoms with Crippen LogP contribution in [0.2, 0.25) is 0 Å². The van der Waals surface area contributed by atoms with E-state index in [1.165, 1.54) is 24.3 Å². The van der Waals surface area contributed by atoms with Crippen molar-refractivity contribution in [3.63, 3.8) is 0 Å². The highest BCUT2D eigenvalue weighted by Gasteiger charge is 2.44. The molecule has 1 amide bonds. The molecular formula is C19H15F4NO5. The standard InChI is InChI=1S/C19H15F4NO5/c20-18(21)28-14-6-5-9(7-15(14)29-19(22)23)11-8-12(11)16(25)24-13-4-2-1-3-10(13)17(26)27/h1-7,11-12,18-19H,8H2,(H,24,25)(H,26,27). The fraction of sp³-hybridized carbons (Fsp3) is 0.263. The summed E-state index contributed by atoms with van der Waals surface area (Å²) >= 11 is 0. The number of amides is 1. The molecule has 29 heavy (non-hydrogen) atoms. The fourth-order valence-corrected chi connectivity index (χ4v) is 2.99. The maximum absolute atomic E-state index is 12.6. The zero-order chi connectivity index (χ0) is 21.1. The molecule has 2 N–H and O–H groups in total. The van der Waals surface area contributed by atoms with Crippen LogP contribution in [-0.2, 0) is 4.79 Å². The zero-order valence-corrected chi connectivity index (χ0v) is 14.7. The molecule has 1 aliphatic rings. The first-order valence-corrected chi connectivity index (χ1v) is 8.43. The number of para-hydroxylation sites is 1. The lowest BCUT2D eigenvalue weighted by Gasteiger charge is -2.13. The number of nitrogens with one attached hydrogen (secondary N) is 1. The van der Waals surface area contributed by atoms with E-state index in [2.05, 4.69) is 14.8 Å². The van der Waals surface area contributed by atoms with Crippen molar-refractivity contribution in [3.8, 4) is 11.5 Å². The average molecular weight is 413 g/mol. The number of ether oxygens (including phenoxy) is 2. The number of benzene rings is 2. The van der Waals surface area contributed by atoms with E-state index in [9.17, 15) is 27.2 Å². The Hall–Kier alpha value is -3.30. The van der Waals surface area contributed by atoms with E-state index < -0.39 is 42.5 Å². The summed E-state index contributed by atoms with van der Waals surface area (Å²) in [6.45, 7) is -6.45. The molecule has 154 valence electrons. The first-order chi connectivity index (χ1) is 13.8. The summed E-state index contributed by atoms with van der Waals surface area (Å²) in [6.07, 6.45) is 0.379. The van der Waals surface area contributed by atoms with Crippen LogP contribution in [0.3, 0.4) is 0 Å². The van der Waals surface area contributed by atoms with Crippen LogP contribution in [0.15, 0.2) is 42.5 Å². The highest BCUT2D eigenvalue weighted by molar-refractivity contribution is 6.02. The Labute approximate surface area is 162 Å². The van der Waals surface area contributed by atoms with Gasteiger partial charge in [0.25, 0.3) is 0 Å². The van der Waals surface area contributed by atoms with Gasteiger partial charge in [0.2, 0.25) is 5.91 Å². The molecule has 1 aliphatic carbocycles. The molecule has 10 heteroatoms. The van der Waals surface area contributed by atoms with Crippen molar-refractivity contribution in [3.05, 3.63) is 53.6 Å². The maximum Gasteiger partial charge on any atom is 0.387 e. The third kappa shape index (κ3) is 4.95. The summed E-state index contributed by atoms with van der Waals surface area (Å²) in [6, 6.07) is 9.48. The van der Waals surface area contributed by atoms with E-state index in [0.717, 1.165) is 12.1 Å². The van der Waals surface area contributed by atoms with Gasteiger partial charge < -0.3 is 19.9 Å². The average Bonchev–Trinajstić information content (AvgIpc) is 3.43. The highest BCUT2D eigenvalue weighted by atomic mass is 19.3. The normalized spacial score (nSPS) is 17.9. The quantitative estimate of drug-likeness (QED) is 0.630. The number of alkyl halides is 4. The third-order valence-corrected chi connectivity index (χ3v) is 4.37. The fourth-order valence-electron chi connectivity index (χ4n) is 2.99. The van der Waals surface area contributed by atoms with Crippen LogP contribution >= 0.6 is 0 Å². The minimum atomic E-state index is -3.24. The van der Waals surface area contributed by atoms with Gasteiger partial charge in [0.15, 0.2) is 11.5 Å². The predicted octanol–water partition coefficient (Wildman–Crippen LogP) is 4.33. The van der Waals surface area contributed by atoms with Crippen molar-refractivity contribution in [2.75, 3.05) is 5.32 Å². The molecule has 1 saturated carbocycles. The molecule has 0 aliphatic heterocycles. The molecule has 0 spiro atoms. The Morgan fingerprint density at radius 3 is 2.31 bits per heavy atom. The maximum atomic E-state index is 12.6. The number of hydrogen-bond donors (Lipinski definition) is 2. The number of carboxylic acids is 1. The molecule has 2 aromatic carbocycles. The number of carbonyl (C=O) groups is 2. The van der Waals surface area contributed by atoms with Crippen molar-refractivity contribution in [1.82, 2.24) is 0 Å². The molecule has 2 atom stereocenters. The van der Waals surface area contributed by atoms with Crippen molar-refractivity contribution in [2.24, 2.45) is 5.92 Å². The number of rotatable bonds is 8. The van der Waals surface area contributed by atoms with Gasteiger partial charge in [0.05, 0.1) is 11.3 Å². The summed E-state index contributed by atoms with van der Waals surface area (Å²) in [5.74, 6) is -3.61. The number of anilines is 1. The zero-order valence-electron chi connectivity index (χ0n) is 14.7. The second-order valence-electron chi connectivity index (χ2n) is 6.25. The first kappa shape index (κ1) is 20.4. The smallest absolute Gasteiger partial charge is 0.387 e. The number of hydrogen-bond acceptors (Lipinski definition) is 4. The van der Waals surface area contributed by atoms with Crippen molar-refractivity contribution >= 4 is 17.6 Å². The van der Waals surface area contributed by atoms with Crippen LogP contribution in [0.5, 0.6) is 11.5 Å². The Morgan fingerprint density at radius 2 is 1.66 bits per heavy atom. The minimum absolute atomic E-state index is 0.0702. The van der Waals surface area contributed by atoms with Crippen LogP contribution in [0, 0.1) is 5.92 Å². The van der Waals surface area contributed by atoms with Crippen LogP contribution in [0.1, 0.15) is 28.3 Å². The summed E-state index contributed by atoms with van der Waals surface area (Å²) in [5.41, 5.74) is 0.506. The van der Waals surface area contributed by atoms with Gasteiger partial charge in [-0.05, 0) is 42.2 Å². The number of aromatic carboxylic acids is 1. The monoisotopic (exact) mass is 413 g/mol. The van der Waals surface area contributed by atoms with E-state index in [4.69, 9.17) is 5.11 Å². The van der Waals surface area contributed by atoms with E-state index in [-0.39, 0.29) is 17.2 Å². The molecule has 0 radical (unpaired) electrons. The highest BCUT2D eigenvalue weighted by Crippen LogP contribution is 2.49. The van der Waals surface area contributed by atoms with Gasteiger partial charge in [-0.25, -0.2) is 4.79 Å². The van der Waals surface area contributed by atoms with Crippen molar-refractivity contribution < 1.29 is 41.7 Å². The van der Waals surface area contributed by atoms with E-state index in [1.54, 1.807) is 6.07 Å². The first-order valence-electron chi connectivity index (χ1n) is 8.43. The minimum Gasteiger partial charge on any atom is -0.478 e. The lowest BCUT2D eigenvalue weighted by Crippen LogP contribution is -2.17. The molecule has 0 heterocycles. The summed E-state index contributed by atoms with van der Waals surface area (Å²) < 4.78 is 58.4. The van der Waals surface area contributed by atoms with Crippen molar-refractivity contribution in [2.45, 2.75) is 25.6 Å². The van der Waals surface area contributed by atoms with Gasteiger partial charge in [0, 0.05) is 5.92 Å². The predicted molar refractivity (Wildman–Crippen MR) is 92.6 cm³/mol. The van der Waals surface area contributed by atoms with Crippen molar-refractivity contribution in [1.29, 1.82) is 0 Å². The second-order valence-corrected chi connectivity index (χ2v) is 6.25. The topological polar surface area (TPSA) is 84.9 Å². The molecule has 6 nitrogen and oxygen atoms in total. The van der Waals surface area contributed by atoms with E-state index in [1.807, 2.05) is 0 Å².